The zero-order valence-electron chi connectivity index (χ0n) is 19.6. The number of thioether (sulfide) groups is 1. The van der Waals surface area contributed by atoms with Crippen LogP contribution in [0.15, 0.2) is 72.6 Å². The molecule has 1 fully saturated rings. The number of hydrogen-bond donors (Lipinski definition) is 0. The minimum atomic E-state index is -0.447. The van der Waals surface area contributed by atoms with Gasteiger partial charge in [-0.05, 0) is 67.3 Å². The first-order valence-electron chi connectivity index (χ1n) is 10.8. The van der Waals surface area contributed by atoms with Gasteiger partial charge in [0.05, 0.1) is 11.2 Å². The summed E-state index contributed by atoms with van der Waals surface area (Å²) in [5, 5.41) is 1.78. The third-order valence-corrected chi connectivity index (χ3v) is 6.98. The molecule has 1 aliphatic heterocycles. The van der Waals surface area contributed by atoms with Crippen LogP contribution < -0.4 is 0 Å². The molecule has 0 bridgehead atoms. The number of aldehydes is 1. The van der Waals surface area contributed by atoms with Gasteiger partial charge in [0, 0.05) is 10.5 Å². The van der Waals surface area contributed by atoms with E-state index in [0.717, 1.165) is 45.3 Å². The lowest BCUT2D eigenvalue weighted by Crippen LogP contribution is -2.41. The third kappa shape index (κ3) is 4.85. The minimum Gasteiger partial charge on any atom is -0.400 e. The molecule has 1 aliphatic rings. The highest BCUT2D eigenvalue weighted by Crippen LogP contribution is 2.42. The van der Waals surface area contributed by atoms with Crippen LogP contribution in [0.2, 0.25) is 0 Å². The minimum absolute atomic E-state index is 0.423. The van der Waals surface area contributed by atoms with Crippen molar-refractivity contribution in [3.05, 3.63) is 94.8 Å². The van der Waals surface area contributed by atoms with E-state index in [1.165, 1.54) is 11.8 Å². The van der Waals surface area contributed by atoms with Crippen LogP contribution in [0, 0.1) is 0 Å². The number of hydrogen-bond acceptors (Lipinski definition) is 4. The monoisotopic (exact) mass is 446 g/mol. The van der Waals surface area contributed by atoms with Gasteiger partial charge in [-0.2, -0.15) is 0 Å². The van der Waals surface area contributed by atoms with Crippen LogP contribution in [0.4, 0.5) is 0 Å². The quantitative estimate of drug-likeness (QED) is 0.318. The average Bonchev–Trinajstić information content (AvgIpc) is 2.99. The molecule has 3 rings (SSSR count). The molecule has 166 valence electrons. The van der Waals surface area contributed by atoms with E-state index in [1.807, 2.05) is 24.3 Å². The summed E-state index contributed by atoms with van der Waals surface area (Å²) in [4.78, 5) is 12.1. The zero-order chi connectivity index (χ0) is 23.5. The van der Waals surface area contributed by atoms with Crippen LogP contribution in [0.25, 0.3) is 10.5 Å². The standard InChI is InChI=1S/C27H31BO3S/c1-8-24(28-30-26(4,5)27(6,7)31-28)25(22-12-10-20(18-29)11-13-22)23-16-14-21(15-17-23)19(3)32-9-2/h9-18H,2-3,8H2,1,4-7H3. The molecule has 1 saturated heterocycles. The smallest absolute Gasteiger partial charge is 0.400 e. The number of benzene rings is 2. The maximum atomic E-state index is 11.2. The summed E-state index contributed by atoms with van der Waals surface area (Å²) in [7, 11) is -0.447. The molecule has 2 aromatic carbocycles. The van der Waals surface area contributed by atoms with Gasteiger partial charge in [-0.3, -0.25) is 4.79 Å². The fourth-order valence-corrected chi connectivity index (χ4v) is 4.18. The van der Waals surface area contributed by atoms with Gasteiger partial charge in [-0.25, -0.2) is 0 Å². The number of allylic oxidation sites excluding steroid dienone is 1. The molecular weight excluding hydrogens is 415 g/mol. The Balaban J connectivity index is 2.14. The van der Waals surface area contributed by atoms with E-state index in [0.29, 0.717) is 5.56 Å². The predicted octanol–water partition coefficient (Wildman–Crippen LogP) is 7.19. The highest BCUT2D eigenvalue weighted by atomic mass is 32.2. The molecule has 0 amide bonds. The van der Waals surface area contributed by atoms with E-state index < -0.39 is 18.3 Å². The number of rotatable bonds is 8. The van der Waals surface area contributed by atoms with Crippen LogP contribution in [0.1, 0.15) is 68.1 Å². The first-order valence-corrected chi connectivity index (χ1v) is 11.7. The summed E-state index contributed by atoms with van der Waals surface area (Å²) in [6.45, 7) is 18.3. The van der Waals surface area contributed by atoms with E-state index in [2.05, 4.69) is 72.0 Å². The maximum absolute atomic E-state index is 11.2. The van der Waals surface area contributed by atoms with Gasteiger partial charge in [0.2, 0.25) is 0 Å². The van der Waals surface area contributed by atoms with Crippen molar-refractivity contribution in [2.45, 2.75) is 52.2 Å². The predicted molar refractivity (Wildman–Crippen MR) is 137 cm³/mol. The molecule has 0 spiro atoms. The highest BCUT2D eigenvalue weighted by molar-refractivity contribution is 8.10. The van der Waals surface area contributed by atoms with E-state index in [1.54, 1.807) is 5.41 Å². The molecule has 0 unspecified atom stereocenters. The Labute approximate surface area is 196 Å². The Bertz CT molecular complexity index is 1020. The zero-order valence-corrected chi connectivity index (χ0v) is 20.4. The third-order valence-electron chi connectivity index (χ3n) is 6.30. The first-order chi connectivity index (χ1) is 15.1. The number of carbonyl (C=O) groups is 1. The molecule has 3 nitrogen and oxygen atoms in total. The second kappa shape index (κ2) is 9.66. The maximum Gasteiger partial charge on any atom is 0.491 e. The lowest BCUT2D eigenvalue weighted by Gasteiger charge is -2.32. The van der Waals surface area contributed by atoms with Crippen molar-refractivity contribution >= 4 is 35.6 Å². The van der Waals surface area contributed by atoms with Crippen molar-refractivity contribution in [2.75, 3.05) is 0 Å². The van der Waals surface area contributed by atoms with Crippen molar-refractivity contribution in [3.8, 4) is 0 Å². The Morgan fingerprint density at radius 3 is 1.84 bits per heavy atom. The first kappa shape index (κ1) is 24.3. The molecule has 0 saturated carbocycles. The van der Waals surface area contributed by atoms with Gasteiger partial charge in [-0.1, -0.05) is 80.4 Å². The summed E-state index contributed by atoms with van der Waals surface area (Å²) in [6.07, 6.45) is 1.63. The fourth-order valence-electron chi connectivity index (χ4n) is 3.70. The molecule has 0 aromatic heterocycles. The fraction of sp³-hybridized carbons (Fsp3) is 0.296. The normalized spacial score (nSPS) is 17.6. The van der Waals surface area contributed by atoms with Crippen LogP contribution in [0.3, 0.4) is 0 Å². The van der Waals surface area contributed by atoms with E-state index in [-0.39, 0.29) is 0 Å². The summed E-state index contributed by atoms with van der Waals surface area (Å²) >= 11 is 1.51. The summed E-state index contributed by atoms with van der Waals surface area (Å²) in [5.41, 5.74) is 5.09. The molecule has 5 heteroatoms. The molecule has 32 heavy (non-hydrogen) atoms. The number of carbonyl (C=O) groups excluding carboxylic acids is 1. The van der Waals surface area contributed by atoms with Gasteiger partial charge >= 0.3 is 7.12 Å². The van der Waals surface area contributed by atoms with Gasteiger partial charge in [0.1, 0.15) is 6.29 Å². The van der Waals surface area contributed by atoms with Crippen LogP contribution in [-0.4, -0.2) is 24.6 Å². The Morgan fingerprint density at radius 2 is 1.41 bits per heavy atom. The van der Waals surface area contributed by atoms with E-state index in [4.69, 9.17) is 9.31 Å². The lowest BCUT2D eigenvalue weighted by molar-refractivity contribution is 0.00578. The van der Waals surface area contributed by atoms with Crippen molar-refractivity contribution in [1.29, 1.82) is 0 Å². The van der Waals surface area contributed by atoms with Crippen LogP contribution >= 0.6 is 11.8 Å². The second-order valence-corrected chi connectivity index (χ2v) is 9.93. The largest absolute Gasteiger partial charge is 0.491 e. The van der Waals surface area contributed by atoms with Gasteiger partial charge in [0.25, 0.3) is 0 Å². The Hall–Kier alpha value is -2.34. The molecule has 0 atom stereocenters. The average molecular weight is 446 g/mol. The summed E-state index contributed by atoms with van der Waals surface area (Å²) in [6, 6.07) is 16.0. The van der Waals surface area contributed by atoms with Crippen molar-refractivity contribution in [2.24, 2.45) is 0 Å². The topological polar surface area (TPSA) is 35.5 Å². The van der Waals surface area contributed by atoms with E-state index >= 15 is 0 Å². The Morgan fingerprint density at radius 1 is 0.938 bits per heavy atom. The van der Waals surface area contributed by atoms with Crippen molar-refractivity contribution in [1.82, 2.24) is 0 Å². The molecular formula is C27H31BO3S. The summed E-state index contributed by atoms with van der Waals surface area (Å²) in [5.74, 6) is 0. The van der Waals surface area contributed by atoms with E-state index in [9.17, 15) is 4.79 Å². The molecule has 2 aromatic rings. The molecule has 1 heterocycles. The summed E-state index contributed by atoms with van der Waals surface area (Å²) < 4.78 is 12.8. The van der Waals surface area contributed by atoms with Gasteiger partial charge < -0.3 is 9.31 Å². The van der Waals surface area contributed by atoms with Gasteiger partial charge in [-0.15, -0.1) is 0 Å². The van der Waals surface area contributed by atoms with Crippen molar-refractivity contribution < 1.29 is 14.1 Å². The van der Waals surface area contributed by atoms with Crippen LogP contribution in [0.5, 0.6) is 0 Å². The molecule has 0 radical (unpaired) electrons. The SMILES string of the molecule is C=CSC(=C)c1ccc(C(=C(CC)B2OC(C)(C)C(C)(C)O2)c2ccc(C=O)cc2)cc1. The van der Waals surface area contributed by atoms with Crippen molar-refractivity contribution in [3.63, 3.8) is 0 Å². The Kier molecular flexibility index (Phi) is 7.34. The second-order valence-electron chi connectivity index (χ2n) is 8.87. The van der Waals surface area contributed by atoms with Gasteiger partial charge in [0.15, 0.2) is 0 Å². The molecule has 0 N–H and O–H groups in total. The molecule has 0 aliphatic carbocycles. The lowest BCUT2D eigenvalue weighted by atomic mass is 9.70. The highest BCUT2D eigenvalue weighted by Gasteiger charge is 2.52. The van der Waals surface area contributed by atoms with Crippen LogP contribution in [-0.2, 0) is 9.31 Å².